The minimum absolute atomic E-state index is 0.0110. The maximum absolute atomic E-state index is 13.0. The van der Waals surface area contributed by atoms with Crippen LogP contribution in [-0.4, -0.2) is 12.3 Å². The predicted molar refractivity (Wildman–Crippen MR) is 61.1 cm³/mol. The number of Topliss-reactive ketones (excluding diaryl/α,β-unsaturated/α-hetero) is 1. The van der Waals surface area contributed by atoms with Crippen molar-refractivity contribution in [2.24, 2.45) is 11.1 Å². The van der Waals surface area contributed by atoms with E-state index in [0.29, 0.717) is 12.1 Å². The highest BCUT2D eigenvalue weighted by molar-refractivity contribution is 6.31. The van der Waals surface area contributed by atoms with E-state index in [4.69, 9.17) is 17.3 Å². The average molecular weight is 242 g/mol. The molecule has 0 spiro atoms. The lowest BCUT2D eigenvalue weighted by atomic mass is 9.64. The fourth-order valence-electron chi connectivity index (χ4n) is 2.07. The quantitative estimate of drug-likeness (QED) is 0.827. The summed E-state index contributed by atoms with van der Waals surface area (Å²) < 4.78 is 13.0. The first-order valence-corrected chi connectivity index (χ1v) is 5.67. The van der Waals surface area contributed by atoms with Crippen LogP contribution in [0.2, 0.25) is 5.02 Å². The molecule has 0 aliphatic heterocycles. The van der Waals surface area contributed by atoms with Gasteiger partial charge in [0.1, 0.15) is 5.82 Å². The molecule has 0 aromatic heterocycles. The number of ketones is 1. The van der Waals surface area contributed by atoms with Crippen molar-refractivity contribution in [3.63, 3.8) is 0 Å². The fourth-order valence-corrected chi connectivity index (χ4v) is 2.25. The van der Waals surface area contributed by atoms with E-state index in [9.17, 15) is 9.18 Å². The van der Waals surface area contributed by atoms with Crippen LogP contribution in [0.25, 0.3) is 0 Å². The molecule has 2 rings (SSSR count). The summed E-state index contributed by atoms with van der Waals surface area (Å²) in [7, 11) is 0. The summed E-state index contributed by atoms with van der Waals surface area (Å²) in [6.07, 6.45) is 2.66. The molecule has 0 amide bonds. The van der Waals surface area contributed by atoms with E-state index in [1.54, 1.807) is 0 Å². The Morgan fingerprint density at radius 2 is 2.19 bits per heavy atom. The lowest BCUT2D eigenvalue weighted by Gasteiger charge is -2.39. The van der Waals surface area contributed by atoms with Crippen LogP contribution in [0, 0.1) is 11.2 Å². The number of nitrogens with two attached hydrogens (primary N) is 1. The smallest absolute Gasteiger partial charge is 0.170 e. The first-order chi connectivity index (χ1) is 7.59. The van der Waals surface area contributed by atoms with E-state index in [1.807, 2.05) is 0 Å². The maximum Gasteiger partial charge on any atom is 0.170 e. The standard InChI is InChI=1S/C12H13ClFNO/c13-9-6-8(2-3-10(9)14)11(16)12(7-15)4-1-5-12/h2-3,6H,1,4-5,7,15H2. The highest BCUT2D eigenvalue weighted by Gasteiger charge is 2.43. The number of benzene rings is 1. The highest BCUT2D eigenvalue weighted by Crippen LogP contribution is 2.42. The van der Waals surface area contributed by atoms with Gasteiger partial charge in [0, 0.05) is 17.5 Å². The monoisotopic (exact) mass is 241 g/mol. The molecule has 16 heavy (non-hydrogen) atoms. The van der Waals surface area contributed by atoms with Crippen LogP contribution in [-0.2, 0) is 0 Å². The van der Waals surface area contributed by atoms with Crippen LogP contribution in [0.5, 0.6) is 0 Å². The normalized spacial score (nSPS) is 17.9. The van der Waals surface area contributed by atoms with Crippen LogP contribution < -0.4 is 5.73 Å². The molecule has 1 aliphatic carbocycles. The Kier molecular flexibility index (Phi) is 3.00. The SMILES string of the molecule is NCC1(C(=O)c2ccc(F)c(Cl)c2)CCC1. The number of halogens is 2. The van der Waals surface area contributed by atoms with Gasteiger partial charge in [-0.05, 0) is 31.0 Å². The van der Waals surface area contributed by atoms with E-state index in [2.05, 4.69) is 0 Å². The Hall–Kier alpha value is -0.930. The zero-order valence-electron chi connectivity index (χ0n) is 8.80. The number of hydrogen-bond acceptors (Lipinski definition) is 2. The van der Waals surface area contributed by atoms with Gasteiger partial charge >= 0.3 is 0 Å². The van der Waals surface area contributed by atoms with Crippen molar-refractivity contribution < 1.29 is 9.18 Å². The summed E-state index contributed by atoms with van der Waals surface area (Å²) in [5.41, 5.74) is 5.67. The Balaban J connectivity index is 2.30. The molecule has 1 fully saturated rings. The third kappa shape index (κ3) is 1.74. The van der Waals surface area contributed by atoms with Gasteiger partial charge in [-0.2, -0.15) is 0 Å². The molecule has 1 saturated carbocycles. The van der Waals surface area contributed by atoms with Crippen molar-refractivity contribution in [3.05, 3.63) is 34.6 Å². The van der Waals surface area contributed by atoms with Gasteiger partial charge in [0.05, 0.1) is 5.02 Å². The molecule has 1 aromatic carbocycles. The van der Waals surface area contributed by atoms with Crippen LogP contribution in [0.1, 0.15) is 29.6 Å². The topological polar surface area (TPSA) is 43.1 Å². The molecule has 0 radical (unpaired) electrons. The molecule has 0 saturated heterocycles. The molecule has 1 aliphatic rings. The third-order valence-corrected chi connectivity index (χ3v) is 3.65. The highest BCUT2D eigenvalue weighted by atomic mass is 35.5. The van der Waals surface area contributed by atoms with Crippen molar-refractivity contribution in [2.75, 3.05) is 6.54 Å². The second-order valence-electron chi connectivity index (χ2n) is 4.30. The predicted octanol–water partition coefficient (Wildman–Crippen LogP) is 2.79. The van der Waals surface area contributed by atoms with Crippen molar-refractivity contribution in [1.29, 1.82) is 0 Å². The molecule has 0 unspecified atom stereocenters. The van der Waals surface area contributed by atoms with Crippen molar-refractivity contribution in [1.82, 2.24) is 0 Å². The minimum atomic E-state index is -0.506. The first-order valence-electron chi connectivity index (χ1n) is 5.29. The van der Waals surface area contributed by atoms with E-state index in [1.165, 1.54) is 18.2 Å². The molecule has 0 atom stereocenters. The summed E-state index contributed by atoms with van der Waals surface area (Å²) in [4.78, 5) is 12.2. The van der Waals surface area contributed by atoms with Crippen LogP contribution in [0.3, 0.4) is 0 Å². The molecular formula is C12H13ClFNO. The van der Waals surface area contributed by atoms with E-state index >= 15 is 0 Å². The Morgan fingerprint density at radius 1 is 1.50 bits per heavy atom. The number of rotatable bonds is 3. The number of hydrogen-bond donors (Lipinski definition) is 1. The Morgan fingerprint density at radius 3 is 2.62 bits per heavy atom. The van der Waals surface area contributed by atoms with Gasteiger partial charge < -0.3 is 5.73 Å². The number of carbonyl (C=O) groups excluding carboxylic acids is 1. The van der Waals surface area contributed by atoms with Gasteiger partial charge in [-0.3, -0.25) is 4.79 Å². The number of carbonyl (C=O) groups is 1. The summed E-state index contributed by atoms with van der Waals surface area (Å²) in [5.74, 6) is -0.517. The molecule has 1 aromatic rings. The lowest BCUT2D eigenvalue weighted by molar-refractivity contribution is 0.0636. The van der Waals surface area contributed by atoms with Gasteiger partial charge in [0.15, 0.2) is 5.78 Å². The van der Waals surface area contributed by atoms with Crippen LogP contribution >= 0.6 is 11.6 Å². The zero-order chi connectivity index (χ0) is 11.8. The van der Waals surface area contributed by atoms with Crippen molar-refractivity contribution in [3.8, 4) is 0 Å². The molecular weight excluding hydrogens is 229 g/mol. The molecule has 86 valence electrons. The Bertz CT molecular complexity index is 424. The Labute approximate surface area is 98.6 Å². The van der Waals surface area contributed by atoms with Crippen LogP contribution in [0.15, 0.2) is 18.2 Å². The fraction of sp³-hybridized carbons (Fsp3) is 0.417. The van der Waals surface area contributed by atoms with E-state index in [0.717, 1.165) is 19.3 Å². The van der Waals surface area contributed by atoms with Crippen molar-refractivity contribution >= 4 is 17.4 Å². The molecule has 4 heteroatoms. The summed E-state index contributed by atoms with van der Waals surface area (Å²) >= 11 is 5.65. The van der Waals surface area contributed by atoms with Gasteiger partial charge in [0.25, 0.3) is 0 Å². The van der Waals surface area contributed by atoms with E-state index < -0.39 is 11.2 Å². The first kappa shape index (κ1) is 11.6. The van der Waals surface area contributed by atoms with Crippen LogP contribution in [0.4, 0.5) is 4.39 Å². The van der Waals surface area contributed by atoms with Gasteiger partial charge in [-0.15, -0.1) is 0 Å². The molecule has 2 nitrogen and oxygen atoms in total. The molecule has 2 N–H and O–H groups in total. The maximum atomic E-state index is 13.0. The zero-order valence-corrected chi connectivity index (χ0v) is 9.56. The summed E-state index contributed by atoms with van der Waals surface area (Å²) in [6.45, 7) is 0.348. The lowest BCUT2D eigenvalue weighted by Crippen LogP contribution is -2.44. The van der Waals surface area contributed by atoms with Crippen molar-refractivity contribution in [2.45, 2.75) is 19.3 Å². The summed E-state index contributed by atoms with van der Waals surface area (Å²) in [6, 6.07) is 4.08. The minimum Gasteiger partial charge on any atom is -0.329 e. The molecule has 0 heterocycles. The third-order valence-electron chi connectivity index (χ3n) is 3.36. The average Bonchev–Trinajstić information content (AvgIpc) is 2.21. The largest absolute Gasteiger partial charge is 0.329 e. The molecule has 0 bridgehead atoms. The van der Waals surface area contributed by atoms with Gasteiger partial charge in [-0.25, -0.2) is 4.39 Å². The second-order valence-corrected chi connectivity index (χ2v) is 4.70. The summed E-state index contributed by atoms with van der Waals surface area (Å²) in [5, 5.41) is -0.0163. The van der Waals surface area contributed by atoms with E-state index in [-0.39, 0.29) is 10.8 Å². The van der Waals surface area contributed by atoms with Gasteiger partial charge in [-0.1, -0.05) is 18.0 Å². The van der Waals surface area contributed by atoms with Gasteiger partial charge in [0.2, 0.25) is 0 Å². The second kappa shape index (κ2) is 4.15.